The van der Waals surface area contributed by atoms with Gasteiger partial charge in [0.1, 0.15) is 0 Å². The van der Waals surface area contributed by atoms with Crippen LogP contribution in [0.1, 0.15) is 6.92 Å². The van der Waals surface area contributed by atoms with Gasteiger partial charge in [-0.25, -0.2) is 0 Å². The topological polar surface area (TPSA) is 0 Å². The van der Waals surface area contributed by atoms with Crippen LogP contribution in [0.2, 0.25) is 0 Å². The first-order valence-electron chi connectivity index (χ1n) is 2.66. The Morgan fingerprint density at radius 1 is 1.75 bits per heavy atom. The minimum Gasteiger partial charge on any atom is -0.147 e. The Labute approximate surface area is 63.7 Å². The first-order valence-corrected chi connectivity index (χ1v) is 5.18. The Balaban J connectivity index is 2.22. The van der Waals surface area contributed by atoms with Crippen molar-refractivity contribution < 1.29 is 0 Å². The summed E-state index contributed by atoms with van der Waals surface area (Å²) in [6.45, 7) is 2.24. The Morgan fingerprint density at radius 3 is 2.75 bits per heavy atom. The average molecular weight is 169 g/mol. The molecule has 0 bridgehead atoms. The molecule has 1 saturated heterocycles. The highest BCUT2D eigenvalue weighted by molar-refractivity contribution is 8.20. The molecule has 0 saturated carbocycles. The fourth-order valence-corrected chi connectivity index (χ4v) is 3.92. The molecule has 0 amide bonds. The monoisotopic (exact) mass is 168 g/mol. The zero-order valence-electron chi connectivity index (χ0n) is 4.76. The lowest BCUT2D eigenvalue weighted by Gasteiger charge is -1.99. The molecular weight excluding hydrogens is 160 g/mol. The summed E-state index contributed by atoms with van der Waals surface area (Å²) in [4.78, 5) is 0. The van der Waals surface area contributed by atoms with Gasteiger partial charge < -0.3 is 0 Å². The maximum Gasteiger partial charge on any atom is 0.0478 e. The molecule has 0 aromatic rings. The van der Waals surface area contributed by atoms with Crippen molar-refractivity contribution in [2.45, 2.75) is 16.8 Å². The third-order valence-corrected chi connectivity index (χ3v) is 4.75. The Bertz CT molecular complexity index is 76.8. The second kappa shape index (κ2) is 3.23. The van der Waals surface area contributed by atoms with Gasteiger partial charge >= 0.3 is 0 Å². The van der Waals surface area contributed by atoms with E-state index in [0.717, 1.165) is 15.7 Å². The van der Waals surface area contributed by atoms with Crippen LogP contribution in [-0.4, -0.2) is 21.5 Å². The molecule has 8 heavy (non-hydrogen) atoms. The molecule has 1 aliphatic rings. The van der Waals surface area contributed by atoms with Crippen molar-refractivity contribution >= 4 is 35.1 Å². The molecule has 1 fully saturated rings. The summed E-state index contributed by atoms with van der Waals surface area (Å²) >= 11 is 9.64. The lowest BCUT2D eigenvalue weighted by atomic mass is 10.6. The summed E-state index contributed by atoms with van der Waals surface area (Å²) in [6, 6.07) is 0. The minimum atomic E-state index is 0.719. The van der Waals surface area contributed by atoms with E-state index in [1.54, 1.807) is 0 Å². The van der Waals surface area contributed by atoms with Crippen molar-refractivity contribution in [3.8, 4) is 0 Å². The van der Waals surface area contributed by atoms with Crippen molar-refractivity contribution in [1.82, 2.24) is 0 Å². The van der Waals surface area contributed by atoms with Crippen molar-refractivity contribution in [3.05, 3.63) is 0 Å². The van der Waals surface area contributed by atoms with Crippen molar-refractivity contribution in [3.63, 3.8) is 0 Å². The van der Waals surface area contributed by atoms with E-state index in [2.05, 4.69) is 6.92 Å². The summed E-state index contributed by atoms with van der Waals surface area (Å²) in [5.74, 6) is 2.07. The maximum absolute atomic E-state index is 5.64. The molecule has 1 rings (SSSR count). The van der Waals surface area contributed by atoms with Crippen LogP contribution in [0, 0.1) is 0 Å². The van der Waals surface area contributed by atoms with E-state index in [1.165, 1.54) is 5.75 Å². The lowest BCUT2D eigenvalue weighted by molar-refractivity contribution is 1.16. The van der Waals surface area contributed by atoms with Crippen LogP contribution in [0.3, 0.4) is 0 Å². The highest BCUT2D eigenvalue weighted by atomic mass is 35.5. The molecule has 1 aliphatic heterocycles. The Morgan fingerprint density at radius 2 is 2.50 bits per heavy atom. The van der Waals surface area contributed by atoms with Crippen LogP contribution in [0.4, 0.5) is 0 Å². The van der Waals surface area contributed by atoms with Crippen LogP contribution < -0.4 is 0 Å². The highest BCUT2D eigenvalue weighted by Crippen LogP contribution is 2.37. The standard InChI is InChI=1S/C5H9ClS2/c1-4-7-3-5(2-6)8-4/h4-5H,2-3H2,1H3. The molecule has 48 valence electrons. The summed E-state index contributed by atoms with van der Waals surface area (Å²) in [7, 11) is 0. The van der Waals surface area contributed by atoms with Crippen LogP contribution >= 0.6 is 35.1 Å². The predicted octanol–water partition coefficient (Wildman–Crippen LogP) is 2.42. The second-order valence-corrected chi connectivity index (χ2v) is 5.44. The maximum atomic E-state index is 5.64. The molecular formula is C5H9ClS2. The van der Waals surface area contributed by atoms with Gasteiger partial charge in [0.05, 0.1) is 0 Å². The van der Waals surface area contributed by atoms with Crippen molar-refractivity contribution in [2.75, 3.05) is 11.6 Å². The average Bonchev–Trinajstić information content (AvgIpc) is 2.14. The number of hydrogen-bond acceptors (Lipinski definition) is 2. The van der Waals surface area contributed by atoms with Crippen LogP contribution in [0.15, 0.2) is 0 Å². The summed E-state index contributed by atoms with van der Waals surface area (Å²) < 4.78 is 0.777. The molecule has 0 radical (unpaired) electrons. The van der Waals surface area contributed by atoms with Gasteiger partial charge in [0, 0.05) is 21.5 Å². The molecule has 2 atom stereocenters. The zero-order chi connectivity index (χ0) is 5.98. The molecule has 1 heterocycles. The van der Waals surface area contributed by atoms with Crippen LogP contribution in [0.25, 0.3) is 0 Å². The van der Waals surface area contributed by atoms with E-state index in [4.69, 9.17) is 11.6 Å². The van der Waals surface area contributed by atoms with Crippen molar-refractivity contribution in [1.29, 1.82) is 0 Å². The van der Waals surface area contributed by atoms with Gasteiger partial charge in [-0.05, 0) is 6.92 Å². The third-order valence-electron chi connectivity index (χ3n) is 1.07. The number of halogens is 1. The fraction of sp³-hybridized carbons (Fsp3) is 1.00. The predicted molar refractivity (Wildman–Crippen MR) is 44.0 cm³/mol. The van der Waals surface area contributed by atoms with Gasteiger partial charge in [-0.15, -0.1) is 35.1 Å². The van der Waals surface area contributed by atoms with Gasteiger partial charge in [-0.3, -0.25) is 0 Å². The molecule has 0 aromatic carbocycles. The fourth-order valence-electron chi connectivity index (χ4n) is 0.673. The smallest absolute Gasteiger partial charge is 0.0478 e. The quantitative estimate of drug-likeness (QED) is 0.552. The van der Waals surface area contributed by atoms with Crippen molar-refractivity contribution in [2.24, 2.45) is 0 Å². The largest absolute Gasteiger partial charge is 0.147 e. The van der Waals surface area contributed by atoms with E-state index >= 15 is 0 Å². The van der Waals surface area contributed by atoms with E-state index in [9.17, 15) is 0 Å². The summed E-state index contributed by atoms with van der Waals surface area (Å²) in [5, 5.41) is 0.719. The number of hydrogen-bond donors (Lipinski definition) is 0. The summed E-state index contributed by atoms with van der Waals surface area (Å²) in [6.07, 6.45) is 0. The van der Waals surface area contributed by atoms with E-state index in [-0.39, 0.29) is 0 Å². The molecule has 0 aliphatic carbocycles. The summed E-state index contributed by atoms with van der Waals surface area (Å²) in [5.41, 5.74) is 0. The van der Waals surface area contributed by atoms with Gasteiger partial charge in [-0.2, -0.15) is 0 Å². The minimum absolute atomic E-state index is 0.719. The van der Waals surface area contributed by atoms with Crippen LogP contribution in [0.5, 0.6) is 0 Å². The van der Waals surface area contributed by atoms with E-state index < -0.39 is 0 Å². The van der Waals surface area contributed by atoms with Crippen LogP contribution in [-0.2, 0) is 0 Å². The second-order valence-electron chi connectivity index (χ2n) is 1.81. The molecule has 0 aromatic heterocycles. The van der Waals surface area contributed by atoms with E-state index in [1.807, 2.05) is 23.5 Å². The number of thioether (sulfide) groups is 2. The lowest BCUT2D eigenvalue weighted by Crippen LogP contribution is -2.01. The normalized spacial score (nSPS) is 38.2. The van der Waals surface area contributed by atoms with Gasteiger partial charge in [0.2, 0.25) is 0 Å². The Hall–Kier alpha value is 0.990. The van der Waals surface area contributed by atoms with Gasteiger partial charge in [-0.1, -0.05) is 0 Å². The molecule has 0 N–H and O–H groups in total. The first-order chi connectivity index (χ1) is 3.83. The molecule has 2 unspecified atom stereocenters. The highest BCUT2D eigenvalue weighted by Gasteiger charge is 2.20. The van der Waals surface area contributed by atoms with E-state index in [0.29, 0.717) is 0 Å². The molecule has 0 spiro atoms. The SMILES string of the molecule is CC1SCC(CCl)S1. The zero-order valence-corrected chi connectivity index (χ0v) is 7.15. The molecule has 3 heteroatoms. The van der Waals surface area contributed by atoms with Gasteiger partial charge in [0.25, 0.3) is 0 Å². The molecule has 0 nitrogen and oxygen atoms in total. The van der Waals surface area contributed by atoms with Gasteiger partial charge in [0.15, 0.2) is 0 Å². The number of alkyl halides is 1. The third kappa shape index (κ3) is 1.74. The number of rotatable bonds is 1. The Kier molecular flexibility index (Phi) is 2.87. The first kappa shape index (κ1) is 7.10.